The van der Waals surface area contributed by atoms with Gasteiger partial charge in [0.1, 0.15) is 5.82 Å². The second-order valence-electron chi connectivity index (χ2n) is 6.59. The van der Waals surface area contributed by atoms with Gasteiger partial charge in [-0.05, 0) is 36.4 Å². The van der Waals surface area contributed by atoms with Crippen LogP contribution in [0, 0.1) is 5.82 Å². The summed E-state index contributed by atoms with van der Waals surface area (Å²) in [6.07, 6.45) is -4.60. The molecule has 0 aliphatic rings. The molecule has 0 radical (unpaired) electrons. The van der Waals surface area contributed by atoms with E-state index in [4.69, 9.17) is 17.3 Å². The highest BCUT2D eigenvalue weighted by molar-refractivity contribution is 6.37. The van der Waals surface area contributed by atoms with Crippen LogP contribution < -0.4 is 5.73 Å². The zero-order valence-corrected chi connectivity index (χ0v) is 15.5. The van der Waals surface area contributed by atoms with Gasteiger partial charge in [0.05, 0.1) is 28.2 Å². The van der Waals surface area contributed by atoms with Gasteiger partial charge in [0.15, 0.2) is 0 Å². The molecule has 29 heavy (non-hydrogen) atoms. The molecule has 0 unspecified atom stereocenters. The van der Waals surface area contributed by atoms with Gasteiger partial charge in [-0.1, -0.05) is 29.8 Å². The zero-order valence-electron chi connectivity index (χ0n) is 14.7. The fraction of sp³-hybridized carbons (Fsp3) is 0.0952. The topological polar surface area (TPSA) is 48.0 Å². The predicted molar refractivity (Wildman–Crippen MR) is 103 cm³/mol. The van der Waals surface area contributed by atoms with E-state index < -0.39 is 23.5 Å². The quantitative estimate of drug-likeness (QED) is 0.421. The Kier molecular flexibility index (Phi) is 4.50. The van der Waals surface area contributed by atoms with E-state index in [0.29, 0.717) is 32.9 Å². The highest BCUT2D eigenvalue weighted by atomic mass is 35.5. The Morgan fingerprint density at radius 3 is 2.48 bits per heavy atom. The summed E-state index contributed by atoms with van der Waals surface area (Å²) in [4.78, 5) is 11.9. The van der Waals surface area contributed by atoms with Crippen LogP contribution in [0.4, 0.5) is 17.6 Å². The Morgan fingerprint density at radius 2 is 1.79 bits per heavy atom. The van der Waals surface area contributed by atoms with Crippen LogP contribution in [0.3, 0.4) is 0 Å². The lowest BCUT2D eigenvalue weighted by molar-refractivity contribution is -0.137. The van der Waals surface area contributed by atoms with Crippen molar-refractivity contribution in [3.05, 3.63) is 82.1 Å². The second-order valence-corrected chi connectivity index (χ2v) is 7.00. The molecule has 3 nitrogen and oxygen atoms in total. The third-order valence-corrected chi connectivity index (χ3v) is 5.13. The summed E-state index contributed by atoms with van der Waals surface area (Å²) in [7, 11) is 0. The molecule has 1 aromatic heterocycles. The van der Waals surface area contributed by atoms with E-state index in [1.807, 2.05) is 0 Å². The monoisotopic (exact) mass is 420 g/mol. The highest BCUT2D eigenvalue weighted by Gasteiger charge is 2.31. The lowest BCUT2D eigenvalue weighted by Gasteiger charge is -2.13. The number of rotatable bonds is 3. The maximum Gasteiger partial charge on any atom is 0.416 e. The lowest BCUT2D eigenvalue weighted by atomic mass is 10.1. The number of aromatic nitrogens is 1. The summed E-state index contributed by atoms with van der Waals surface area (Å²) in [5.74, 6) is -1.43. The number of amides is 1. The minimum Gasteiger partial charge on any atom is -0.366 e. The third-order valence-electron chi connectivity index (χ3n) is 4.83. The third kappa shape index (κ3) is 3.21. The molecule has 148 valence electrons. The molecule has 0 saturated carbocycles. The number of halogens is 5. The van der Waals surface area contributed by atoms with Crippen LogP contribution in [0.25, 0.3) is 21.8 Å². The number of primary amides is 1. The van der Waals surface area contributed by atoms with Crippen molar-refractivity contribution in [2.75, 3.05) is 0 Å². The smallest absolute Gasteiger partial charge is 0.366 e. The molecule has 0 aliphatic heterocycles. The summed E-state index contributed by atoms with van der Waals surface area (Å²) in [5.41, 5.74) is 5.65. The number of fused-ring (bicyclic) bond motifs is 3. The van der Waals surface area contributed by atoms with E-state index in [9.17, 15) is 22.4 Å². The summed E-state index contributed by atoms with van der Waals surface area (Å²) in [6.45, 7) is -0.207. The molecule has 0 aliphatic carbocycles. The summed E-state index contributed by atoms with van der Waals surface area (Å²) >= 11 is 6.36. The fourth-order valence-electron chi connectivity index (χ4n) is 3.57. The number of hydrogen-bond acceptors (Lipinski definition) is 1. The van der Waals surface area contributed by atoms with E-state index in [0.717, 1.165) is 12.1 Å². The van der Waals surface area contributed by atoms with Gasteiger partial charge in [-0.2, -0.15) is 13.2 Å². The molecule has 0 bridgehead atoms. The van der Waals surface area contributed by atoms with E-state index in [1.165, 1.54) is 0 Å². The SMILES string of the molecule is NC(=O)c1cccc2c1c1cccc(Cl)c1n2Cc1cc(C(F)(F)F)ccc1F. The Balaban J connectivity index is 2.02. The standard InChI is InChI=1S/C21H13ClF4N2O/c22-15-5-1-3-13-18-14(20(27)29)4-2-6-17(18)28(19(13)15)10-11-9-12(21(24,25)26)7-8-16(11)23/h1-9H,10H2,(H2,27,29). The van der Waals surface area contributed by atoms with Crippen LogP contribution in [-0.2, 0) is 12.7 Å². The Morgan fingerprint density at radius 1 is 1.07 bits per heavy atom. The molecule has 0 fully saturated rings. The molecule has 0 atom stereocenters. The fourth-order valence-corrected chi connectivity index (χ4v) is 3.85. The first-order valence-electron chi connectivity index (χ1n) is 8.53. The minimum atomic E-state index is -4.60. The molecule has 0 saturated heterocycles. The van der Waals surface area contributed by atoms with Gasteiger partial charge >= 0.3 is 6.18 Å². The van der Waals surface area contributed by atoms with Crippen molar-refractivity contribution in [1.29, 1.82) is 0 Å². The number of carbonyl (C=O) groups excluding carboxylic acids is 1. The lowest BCUT2D eigenvalue weighted by Crippen LogP contribution is -2.11. The van der Waals surface area contributed by atoms with Gasteiger partial charge in [-0.15, -0.1) is 0 Å². The first-order chi connectivity index (χ1) is 13.7. The van der Waals surface area contributed by atoms with E-state index in [1.54, 1.807) is 41.0 Å². The summed E-state index contributed by atoms with van der Waals surface area (Å²) in [5, 5.41) is 1.45. The van der Waals surface area contributed by atoms with Crippen LogP contribution in [0.15, 0.2) is 54.6 Å². The molecule has 8 heteroatoms. The van der Waals surface area contributed by atoms with Crippen molar-refractivity contribution < 1.29 is 22.4 Å². The highest BCUT2D eigenvalue weighted by Crippen LogP contribution is 2.37. The van der Waals surface area contributed by atoms with Gasteiger partial charge in [-0.3, -0.25) is 4.79 Å². The number of nitrogens with two attached hydrogens (primary N) is 1. The molecular weight excluding hydrogens is 408 g/mol. The van der Waals surface area contributed by atoms with Gasteiger partial charge in [0.25, 0.3) is 0 Å². The maximum absolute atomic E-state index is 14.4. The van der Waals surface area contributed by atoms with Crippen LogP contribution in [0.2, 0.25) is 5.02 Å². The zero-order chi connectivity index (χ0) is 20.9. The van der Waals surface area contributed by atoms with Crippen molar-refractivity contribution in [3.63, 3.8) is 0 Å². The predicted octanol–water partition coefficient (Wildman–Crippen LogP) is 5.75. The number of benzene rings is 3. The first kappa shape index (κ1) is 19.3. The van der Waals surface area contributed by atoms with Crippen molar-refractivity contribution in [3.8, 4) is 0 Å². The first-order valence-corrected chi connectivity index (χ1v) is 8.91. The molecule has 0 spiro atoms. The average molecular weight is 421 g/mol. The number of alkyl halides is 3. The number of carbonyl (C=O) groups is 1. The molecular formula is C21H13ClF4N2O. The molecule has 4 rings (SSSR count). The number of nitrogens with zero attached hydrogens (tertiary/aromatic N) is 1. The Bertz CT molecular complexity index is 1280. The van der Waals surface area contributed by atoms with Gasteiger partial charge < -0.3 is 10.3 Å². The van der Waals surface area contributed by atoms with Crippen LogP contribution in [0.5, 0.6) is 0 Å². The van der Waals surface area contributed by atoms with Crippen molar-refractivity contribution in [1.82, 2.24) is 4.57 Å². The Hall–Kier alpha value is -3.06. The maximum atomic E-state index is 14.4. The Labute approximate surface area is 167 Å². The van der Waals surface area contributed by atoms with Crippen molar-refractivity contribution in [2.24, 2.45) is 5.73 Å². The van der Waals surface area contributed by atoms with Crippen LogP contribution in [-0.4, -0.2) is 10.5 Å². The summed E-state index contributed by atoms with van der Waals surface area (Å²) in [6, 6.07) is 12.2. The molecule has 3 aromatic carbocycles. The average Bonchev–Trinajstić information content (AvgIpc) is 2.97. The minimum absolute atomic E-state index is 0.150. The van der Waals surface area contributed by atoms with Crippen LogP contribution in [0.1, 0.15) is 21.5 Å². The van der Waals surface area contributed by atoms with Crippen molar-refractivity contribution in [2.45, 2.75) is 12.7 Å². The second kappa shape index (κ2) is 6.77. The molecule has 2 N–H and O–H groups in total. The van der Waals surface area contributed by atoms with Gasteiger partial charge in [-0.25, -0.2) is 4.39 Å². The number of hydrogen-bond donors (Lipinski definition) is 1. The van der Waals surface area contributed by atoms with Gasteiger partial charge in [0.2, 0.25) is 5.91 Å². The van der Waals surface area contributed by atoms with E-state index in [2.05, 4.69) is 0 Å². The largest absolute Gasteiger partial charge is 0.416 e. The van der Waals surface area contributed by atoms with E-state index >= 15 is 0 Å². The molecule has 1 amide bonds. The van der Waals surface area contributed by atoms with Gasteiger partial charge in [0, 0.05) is 21.9 Å². The van der Waals surface area contributed by atoms with E-state index in [-0.39, 0.29) is 17.7 Å². The van der Waals surface area contributed by atoms with Crippen molar-refractivity contribution >= 4 is 39.3 Å². The van der Waals surface area contributed by atoms with Crippen LogP contribution >= 0.6 is 11.6 Å². The number of para-hydroxylation sites is 1. The molecule has 4 aromatic rings. The normalized spacial score (nSPS) is 12.0. The summed E-state index contributed by atoms with van der Waals surface area (Å²) < 4.78 is 55.2. The molecule has 1 heterocycles.